The van der Waals surface area contributed by atoms with Crippen molar-refractivity contribution in [3.05, 3.63) is 64.7 Å². The van der Waals surface area contributed by atoms with Crippen LogP contribution >= 0.6 is 23.8 Å². The molecule has 0 aliphatic heterocycles. The minimum Gasteiger partial charge on any atom is -0.445 e. The molecule has 1 fully saturated rings. The zero-order chi connectivity index (χ0) is 19.9. The molecule has 1 saturated carbocycles. The van der Waals surface area contributed by atoms with E-state index >= 15 is 0 Å². The fourth-order valence-corrected chi connectivity index (χ4v) is 4.32. The van der Waals surface area contributed by atoms with E-state index in [9.17, 15) is 4.79 Å². The number of nitrogens with two attached hydrogens (primary N) is 1. The molecule has 148 valence electrons. The van der Waals surface area contributed by atoms with E-state index in [1.165, 1.54) is 31.2 Å². The molecule has 2 aromatic carbocycles. The van der Waals surface area contributed by atoms with Gasteiger partial charge in [-0.1, -0.05) is 54.2 Å². The summed E-state index contributed by atoms with van der Waals surface area (Å²) < 4.78 is 4.83. The van der Waals surface area contributed by atoms with Crippen LogP contribution in [-0.2, 0) is 11.3 Å². The van der Waals surface area contributed by atoms with Crippen molar-refractivity contribution in [2.45, 2.75) is 44.6 Å². The van der Waals surface area contributed by atoms with Gasteiger partial charge >= 0.3 is 6.09 Å². The fraction of sp³-hybridized carbons (Fsp3) is 0.364. The van der Waals surface area contributed by atoms with Gasteiger partial charge in [0.2, 0.25) is 0 Å². The van der Waals surface area contributed by atoms with Gasteiger partial charge in [-0.15, -0.1) is 0 Å². The molecule has 6 heteroatoms. The number of anilines is 1. The fourth-order valence-electron chi connectivity index (χ4n) is 3.78. The van der Waals surface area contributed by atoms with Gasteiger partial charge in [0.25, 0.3) is 0 Å². The van der Waals surface area contributed by atoms with Crippen LogP contribution in [0.5, 0.6) is 0 Å². The van der Waals surface area contributed by atoms with Crippen molar-refractivity contribution in [2.24, 2.45) is 11.7 Å². The second kappa shape index (κ2) is 9.89. The molecule has 0 bridgehead atoms. The first-order valence-corrected chi connectivity index (χ1v) is 10.3. The van der Waals surface area contributed by atoms with Crippen LogP contribution in [0.1, 0.15) is 49.1 Å². The predicted octanol–water partition coefficient (Wildman–Crippen LogP) is 6.04. The minimum absolute atomic E-state index is 0.222. The molecular formula is C22H25ClN2O2S. The Labute approximate surface area is 176 Å². The highest BCUT2D eigenvalue weighted by Crippen LogP contribution is 2.37. The molecule has 3 rings (SSSR count). The molecule has 1 amide bonds. The quantitative estimate of drug-likeness (QED) is 0.563. The number of benzene rings is 2. The molecule has 4 nitrogen and oxygen atoms in total. The Morgan fingerprint density at radius 2 is 1.86 bits per heavy atom. The molecule has 0 radical (unpaired) electrons. The summed E-state index contributed by atoms with van der Waals surface area (Å²) in [6.07, 6.45) is 4.86. The molecule has 0 unspecified atom stereocenters. The van der Waals surface area contributed by atoms with E-state index < -0.39 is 6.09 Å². The van der Waals surface area contributed by atoms with Crippen LogP contribution < -0.4 is 11.1 Å². The summed E-state index contributed by atoms with van der Waals surface area (Å²) in [5.41, 5.74) is 8.25. The van der Waals surface area contributed by atoms with Crippen LogP contribution in [0.4, 0.5) is 10.5 Å². The number of thiocarbonyl (C=S) groups is 1. The van der Waals surface area contributed by atoms with Crippen LogP contribution in [0.3, 0.4) is 0 Å². The van der Waals surface area contributed by atoms with Crippen molar-refractivity contribution < 1.29 is 9.53 Å². The number of carbonyl (C=O) groups is 1. The number of carbonyl (C=O) groups excluding carboxylic acids is 1. The summed E-state index contributed by atoms with van der Waals surface area (Å²) in [6, 6.07) is 15.9. The van der Waals surface area contributed by atoms with Gasteiger partial charge in [0.15, 0.2) is 0 Å². The monoisotopic (exact) mass is 416 g/mol. The lowest BCUT2D eigenvalue weighted by atomic mass is 9.77. The maximum Gasteiger partial charge on any atom is 0.404 e. The molecule has 28 heavy (non-hydrogen) atoms. The lowest BCUT2D eigenvalue weighted by molar-refractivity contribution is 0.150. The number of amides is 1. The molecule has 0 heterocycles. The summed E-state index contributed by atoms with van der Waals surface area (Å²) in [6.45, 7) is 0.222. The average molecular weight is 417 g/mol. The molecule has 2 aromatic rings. The lowest BCUT2D eigenvalue weighted by Gasteiger charge is -2.29. The van der Waals surface area contributed by atoms with Gasteiger partial charge in [-0.05, 0) is 66.8 Å². The van der Waals surface area contributed by atoms with Crippen molar-refractivity contribution in [3.63, 3.8) is 0 Å². The molecule has 0 spiro atoms. The van der Waals surface area contributed by atoms with Gasteiger partial charge in [0.05, 0.1) is 4.99 Å². The Kier molecular flexibility index (Phi) is 7.29. The third kappa shape index (κ3) is 6.21. The first kappa shape index (κ1) is 20.6. The number of nitrogens with one attached hydrogen (secondary N) is 1. The van der Waals surface area contributed by atoms with Crippen LogP contribution in [0.15, 0.2) is 48.5 Å². The largest absolute Gasteiger partial charge is 0.445 e. The van der Waals surface area contributed by atoms with E-state index in [0.29, 0.717) is 16.9 Å². The summed E-state index contributed by atoms with van der Waals surface area (Å²) in [5, 5.41) is 4.01. The van der Waals surface area contributed by atoms with Crippen LogP contribution in [0.25, 0.3) is 0 Å². The minimum atomic E-state index is -0.745. The third-order valence-corrected chi connectivity index (χ3v) is 5.77. The van der Waals surface area contributed by atoms with Gasteiger partial charge < -0.3 is 15.8 Å². The van der Waals surface area contributed by atoms with Gasteiger partial charge in [0, 0.05) is 17.1 Å². The second-order valence-corrected chi connectivity index (χ2v) is 8.26. The van der Waals surface area contributed by atoms with Gasteiger partial charge in [-0.2, -0.15) is 0 Å². The maximum absolute atomic E-state index is 10.7. The van der Waals surface area contributed by atoms with Crippen LogP contribution in [-0.4, -0.2) is 11.1 Å². The number of halogens is 1. The Morgan fingerprint density at radius 3 is 2.50 bits per heavy atom. The zero-order valence-corrected chi connectivity index (χ0v) is 17.3. The lowest BCUT2D eigenvalue weighted by Crippen LogP contribution is -2.19. The molecule has 1 aliphatic rings. The normalized spacial score (nSPS) is 19.0. The highest BCUT2D eigenvalue weighted by molar-refractivity contribution is 7.80. The van der Waals surface area contributed by atoms with Gasteiger partial charge in [-0.3, -0.25) is 0 Å². The van der Waals surface area contributed by atoms with E-state index in [2.05, 4.69) is 17.4 Å². The number of hydrogen-bond acceptors (Lipinski definition) is 3. The van der Waals surface area contributed by atoms with Crippen molar-refractivity contribution >= 4 is 40.6 Å². The topological polar surface area (TPSA) is 64.4 Å². The summed E-state index contributed by atoms with van der Waals surface area (Å²) in [4.78, 5) is 11.6. The summed E-state index contributed by atoms with van der Waals surface area (Å²) >= 11 is 11.6. The molecule has 3 N–H and O–H groups in total. The molecular weight excluding hydrogens is 392 g/mol. The van der Waals surface area contributed by atoms with Crippen molar-refractivity contribution in [2.75, 3.05) is 5.32 Å². The highest BCUT2D eigenvalue weighted by Gasteiger charge is 2.23. The summed E-state index contributed by atoms with van der Waals surface area (Å²) in [7, 11) is 0. The van der Waals surface area contributed by atoms with E-state index in [-0.39, 0.29) is 6.61 Å². The standard InChI is InChI=1S/C22H25ClN2O2S/c23-19-2-1-3-20(13-19)25-21(28)12-15-4-8-17(9-5-15)18-10-6-16(7-11-18)14-27-22(24)26/h1-3,6-7,10-11,13,15,17H,4-5,8-9,12,14H2,(H2,24,26)(H,25,28). The molecule has 1 aliphatic carbocycles. The van der Waals surface area contributed by atoms with E-state index in [1.54, 1.807) is 0 Å². The molecule has 0 atom stereocenters. The Balaban J connectivity index is 1.45. The second-order valence-electron chi connectivity index (χ2n) is 7.33. The molecule has 0 saturated heterocycles. The van der Waals surface area contributed by atoms with Crippen molar-refractivity contribution in [1.29, 1.82) is 0 Å². The maximum atomic E-state index is 10.7. The summed E-state index contributed by atoms with van der Waals surface area (Å²) in [5.74, 6) is 1.20. The number of hydrogen-bond donors (Lipinski definition) is 2. The van der Waals surface area contributed by atoms with Crippen LogP contribution in [0.2, 0.25) is 5.02 Å². The van der Waals surface area contributed by atoms with Crippen LogP contribution in [0, 0.1) is 5.92 Å². The molecule has 0 aromatic heterocycles. The highest BCUT2D eigenvalue weighted by atomic mass is 35.5. The van der Waals surface area contributed by atoms with E-state index in [0.717, 1.165) is 22.7 Å². The first-order chi connectivity index (χ1) is 13.5. The number of rotatable bonds is 6. The van der Waals surface area contributed by atoms with Gasteiger partial charge in [0.1, 0.15) is 6.61 Å². The van der Waals surface area contributed by atoms with Crippen molar-refractivity contribution in [1.82, 2.24) is 0 Å². The SMILES string of the molecule is NC(=O)OCc1ccc(C2CCC(CC(=S)Nc3cccc(Cl)c3)CC2)cc1. The first-order valence-electron chi connectivity index (χ1n) is 9.56. The Hall–Kier alpha value is -2.11. The number of ether oxygens (including phenoxy) is 1. The predicted molar refractivity (Wildman–Crippen MR) is 118 cm³/mol. The Morgan fingerprint density at radius 1 is 1.14 bits per heavy atom. The number of primary amides is 1. The smallest absolute Gasteiger partial charge is 0.404 e. The zero-order valence-electron chi connectivity index (χ0n) is 15.7. The average Bonchev–Trinajstić information content (AvgIpc) is 2.67. The van der Waals surface area contributed by atoms with E-state index in [1.807, 2.05) is 36.4 Å². The third-order valence-electron chi connectivity index (χ3n) is 5.26. The Bertz CT molecular complexity index is 818. The van der Waals surface area contributed by atoms with Crippen molar-refractivity contribution in [3.8, 4) is 0 Å². The van der Waals surface area contributed by atoms with Gasteiger partial charge in [-0.25, -0.2) is 4.79 Å². The van der Waals surface area contributed by atoms with E-state index in [4.69, 9.17) is 34.3 Å².